The molecule has 0 saturated carbocycles. The molecule has 2 amide bonds. The highest BCUT2D eigenvalue weighted by atomic mass is 16.5. The van der Waals surface area contributed by atoms with E-state index in [-0.39, 0.29) is 11.6 Å². The van der Waals surface area contributed by atoms with E-state index in [9.17, 15) is 4.79 Å². The fourth-order valence-electron chi connectivity index (χ4n) is 3.88. The van der Waals surface area contributed by atoms with Crippen LogP contribution in [0.4, 0.5) is 4.79 Å². The van der Waals surface area contributed by atoms with Gasteiger partial charge in [0, 0.05) is 32.9 Å². The average Bonchev–Trinajstić information content (AvgIpc) is 2.99. The topological polar surface area (TPSA) is 42.0 Å². The van der Waals surface area contributed by atoms with Crippen molar-refractivity contribution in [2.75, 3.05) is 46.0 Å². The number of carbonyl (C=O) groups excluding carboxylic acids is 1. The molecular formula is C16H28N2O3. The third-order valence-electron chi connectivity index (χ3n) is 5.07. The number of rotatable bonds is 4. The molecule has 3 aliphatic heterocycles. The normalized spacial score (nSPS) is 28.0. The molecule has 0 unspecified atom stereocenters. The number of hydrogen-bond donors (Lipinski definition) is 0. The lowest BCUT2D eigenvalue weighted by Crippen LogP contribution is -2.68. The standard InChI is InChI=1S/C16H28N2O3/c1-2-20-9-5-14-6-10-21-16(11-14)12-18(13-16)15(19)17-7-3-4-8-17/h14H,2-13H2,1H3/t14-/m1/s1. The monoisotopic (exact) mass is 296 g/mol. The quantitative estimate of drug-likeness (QED) is 0.746. The zero-order valence-electron chi connectivity index (χ0n) is 13.2. The van der Waals surface area contributed by atoms with Gasteiger partial charge in [0.05, 0.1) is 13.1 Å². The summed E-state index contributed by atoms with van der Waals surface area (Å²) in [4.78, 5) is 16.3. The Hall–Kier alpha value is -0.810. The summed E-state index contributed by atoms with van der Waals surface area (Å²) in [5.74, 6) is 0.689. The van der Waals surface area contributed by atoms with Gasteiger partial charge in [-0.1, -0.05) is 0 Å². The van der Waals surface area contributed by atoms with Gasteiger partial charge in [-0.2, -0.15) is 0 Å². The molecular weight excluding hydrogens is 268 g/mol. The van der Waals surface area contributed by atoms with E-state index in [2.05, 4.69) is 0 Å². The van der Waals surface area contributed by atoms with Crippen LogP contribution in [0.3, 0.4) is 0 Å². The molecule has 3 fully saturated rings. The van der Waals surface area contributed by atoms with Gasteiger partial charge in [0.1, 0.15) is 5.60 Å². The minimum atomic E-state index is -0.0511. The number of nitrogens with zero attached hydrogens (tertiary/aromatic N) is 2. The molecule has 0 aliphatic carbocycles. The summed E-state index contributed by atoms with van der Waals surface area (Å²) in [6, 6.07) is 0.221. The van der Waals surface area contributed by atoms with Crippen LogP contribution in [0.2, 0.25) is 0 Å². The van der Waals surface area contributed by atoms with E-state index in [4.69, 9.17) is 9.47 Å². The van der Waals surface area contributed by atoms with Crippen molar-refractivity contribution in [1.82, 2.24) is 9.80 Å². The Bertz CT molecular complexity index is 363. The van der Waals surface area contributed by atoms with Gasteiger partial charge >= 0.3 is 6.03 Å². The number of amides is 2. The number of carbonyl (C=O) groups is 1. The number of urea groups is 1. The fraction of sp³-hybridized carbons (Fsp3) is 0.938. The molecule has 0 bridgehead atoms. The van der Waals surface area contributed by atoms with Crippen LogP contribution in [0, 0.1) is 5.92 Å². The summed E-state index contributed by atoms with van der Waals surface area (Å²) >= 11 is 0. The van der Waals surface area contributed by atoms with E-state index < -0.39 is 0 Å². The lowest BCUT2D eigenvalue weighted by Gasteiger charge is -2.53. The van der Waals surface area contributed by atoms with Crippen LogP contribution in [0.15, 0.2) is 0 Å². The molecule has 0 aromatic carbocycles. The van der Waals surface area contributed by atoms with Gasteiger partial charge in [-0.3, -0.25) is 0 Å². The molecule has 21 heavy (non-hydrogen) atoms. The van der Waals surface area contributed by atoms with Gasteiger partial charge in [0.25, 0.3) is 0 Å². The molecule has 1 spiro atoms. The second-order valence-corrected chi connectivity index (χ2v) is 6.71. The predicted molar refractivity (Wildman–Crippen MR) is 80.3 cm³/mol. The first kappa shape index (κ1) is 15.1. The second kappa shape index (κ2) is 6.53. The Morgan fingerprint density at radius 2 is 2.05 bits per heavy atom. The van der Waals surface area contributed by atoms with Crippen molar-refractivity contribution >= 4 is 6.03 Å². The van der Waals surface area contributed by atoms with E-state index in [1.807, 2.05) is 16.7 Å². The van der Waals surface area contributed by atoms with Gasteiger partial charge in [-0.05, 0) is 44.9 Å². The van der Waals surface area contributed by atoms with Gasteiger partial charge < -0.3 is 19.3 Å². The molecule has 0 aromatic heterocycles. The van der Waals surface area contributed by atoms with E-state index in [1.165, 1.54) is 0 Å². The highest BCUT2D eigenvalue weighted by molar-refractivity contribution is 5.76. The zero-order chi connectivity index (χ0) is 14.7. The third kappa shape index (κ3) is 3.34. The lowest BCUT2D eigenvalue weighted by atomic mass is 9.79. The maximum Gasteiger partial charge on any atom is 0.320 e. The van der Waals surface area contributed by atoms with E-state index in [1.54, 1.807) is 0 Å². The Balaban J connectivity index is 1.45. The minimum Gasteiger partial charge on any atom is -0.382 e. The molecule has 5 nitrogen and oxygen atoms in total. The van der Waals surface area contributed by atoms with Gasteiger partial charge in [-0.25, -0.2) is 4.79 Å². The van der Waals surface area contributed by atoms with Crippen molar-refractivity contribution < 1.29 is 14.3 Å². The first-order valence-corrected chi connectivity index (χ1v) is 8.48. The van der Waals surface area contributed by atoms with Crippen molar-refractivity contribution in [3.05, 3.63) is 0 Å². The van der Waals surface area contributed by atoms with Crippen LogP contribution in [-0.4, -0.2) is 67.4 Å². The van der Waals surface area contributed by atoms with Crippen LogP contribution in [0.25, 0.3) is 0 Å². The van der Waals surface area contributed by atoms with E-state index in [0.29, 0.717) is 5.92 Å². The van der Waals surface area contributed by atoms with Gasteiger partial charge in [-0.15, -0.1) is 0 Å². The molecule has 3 saturated heterocycles. The molecule has 1 atom stereocenters. The van der Waals surface area contributed by atoms with Crippen molar-refractivity contribution in [3.63, 3.8) is 0 Å². The minimum absolute atomic E-state index is 0.0511. The SMILES string of the molecule is CCOCC[C@@H]1CCOC2(C1)CN(C(=O)N1CCCC1)C2. The maximum absolute atomic E-state index is 12.3. The number of ether oxygens (including phenoxy) is 2. The van der Waals surface area contributed by atoms with Crippen LogP contribution < -0.4 is 0 Å². The third-order valence-corrected chi connectivity index (χ3v) is 5.07. The summed E-state index contributed by atoms with van der Waals surface area (Å²) in [6.45, 7) is 7.96. The lowest BCUT2D eigenvalue weighted by molar-refractivity contribution is -0.168. The number of hydrogen-bond acceptors (Lipinski definition) is 3. The Morgan fingerprint density at radius 1 is 1.29 bits per heavy atom. The van der Waals surface area contributed by atoms with Crippen molar-refractivity contribution in [2.45, 2.75) is 44.6 Å². The molecule has 0 N–H and O–H groups in total. The van der Waals surface area contributed by atoms with E-state index in [0.717, 1.165) is 78.1 Å². The highest BCUT2D eigenvalue weighted by Crippen LogP contribution is 2.38. The molecule has 5 heteroatoms. The Morgan fingerprint density at radius 3 is 2.76 bits per heavy atom. The van der Waals surface area contributed by atoms with Crippen molar-refractivity contribution in [3.8, 4) is 0 Å². The summed E-state index contributed by atoms with van der Waals surface area (Å²) in [5, 5.41) is 0. The molecule has 3 heterocycles. The van der Waals surface area contributed by atoms with Crippen LogP contribution in [-0.2, 0) is 9.47 Å². The molecule has 120 valence electrons. The van der Waals surface area contributed by atoms with Crippen LogP contribution in [0.5, 0.6) is 0 Å². The van der Waals surface area contributed by atoms with Crippen molar-refractivity contribution in [1.29, 1.82) is 0 Å². The van der Waals surface area contributed by atoms with Gasteiger partial charge in [0.15, 0.2) is 0 Å². The van der Waals surface area contributed by atoms with E-state index >= 15 is 0 Å². The predicted octanol–water partition coefficient (Wildman–Crippen LogP) is 2.11. The largest absolute Gasteiger partial charge is 0.382 e. The van der Waals surface area contributed by atoms with Gasteiger partial charge in [0.2, 0.25) is 0 Å². The highest BCUT2D eigenvalue weighted by Gasteiger charge is 2.50. The molecule has 0 radical (unpaired) electrons. The maximum atomic E-state index is 12.3. The first-order valence-electron chi connectivity index (χ1n) is 8.48. The molecule has 0 aromatic rings. The second-order valence-electron chi connectivity index (χ2n) is 6.71. The van der Waals surface area contributed by atoms with Crippen molar-refractivity contribution in [2.24, 2.45) is 5.92 Å². The summed E-state index contributed by atoms with van der Waals surface area (Å²) in [6.07, 6.45) is 5.65. The average molecular weight is 296 g/mol. The molecule has 3 aliphatic rings. The number of likely N-dealkylation sites (tertiary alicyclic amines) is 2. The first-order chi connectivity index (χ1) is 10.2. The summed E-state index contributed by atoms with van der Waals surface area (Å²) in [5.41, 5.74) is -0.0511. The Kier molecular flexibility index (Phi) is 4.69. The van der Waals surface area contributed by atoms with Crippen LogP contribution in [0.1, 0.15) is 39.0 Å². The summed E-state index contributed by atoms with van der Waals surface area (Å²) < 4.78 is 11.5. The smallest absolute Gasteiger partial charge is 0.320 e. The Labute approximate surface area is 127 Å². The zero-order valence-corrected chi connectivity index (χ0v) is 13.2. The summed E-state index contributed by atoms with van der Waals surface area (Å²) in [7, 11) is 0. The fourth-order valence-corrected chi connectivity index (χ4v) is 3.88. The van der Waals surface area contributed by atoms with Crippen LogP contribution >= 0.6 is 0 Å². The molecule has 3 rings (SSSR count).